The number of rotatable bonds is 8. The van der Waals surface area contributed by atoms with Gasteiger partial charge in [-0.15, -0.1) is 0 Å². The summed E-state index contributed by atoms with van der Waals surface area (Å²) < 4.78 is 1.23. The molecule has 0 unspecified atom stereocenters. The number of carbonyl (C=O) groups excluding carboxylic acids is 1. The molecule has 1 amide bonds. The van der Waals surface area contributed by atoms with E-state index in [-0.39, 0.29) is 5.91 Å². The van der Waals surface area contributed by atoms with Crippen molar-refractivity contribution in [3.63, 3.8) is 0 Å². The third kappa shape index (κ3) is 9.97. The maximum Gasteiger partial charge on any atom is 0.246 e. The standard InChI is InChI=1S/C12H20INO/c1-10(2)12(15)14-9-7-5-4-6-8-11(3)13/h1,3-9H2,2H3,(H,14,15). The molecule has 0 radical (unpaired) electrons. The lowest BCUT2D eigenvalue weighted by molar-refractivity contribution is -0.117. The van der Waals surface area contributed by atoms with Gasteiger partial charge in [0.25, 0.3) is 0 Å². The number of amides is 1. The first kappa shape index (κ1) is 14.7. The van der Waals surface area contributed by atoms with E-state index in [2.05, 4.69) is 41.1 Å². The van der Waals surface area contributed by atoms with Crippen LogP contribution >= 0.6 is 22.6 Å². The van der Waals surface area contributed by atoms with Crippen molar-refractivity contribution in [1.29, 1.82) is 0 Å². The molecule has 0 aromatic heterocycles. The number of hydrogen-bond acceptors (Lipinski definition) is 1. The fraction of sp³-hybridized carbons (Fsp3) is 0.583. The van der Waals surface area contributed by atoms with Gasteiger partial charge in [0.2, 0.25) is 5.91 Å². The van der Waals surface area contributed by atoms with E-state index in [9.17, 15) is 4.79 Å². The van der Waals surface area contributed by atoms with Crippen molar-refractivity contribution >= 4 is 28.5 Å². The Morgan fingerprint density at radius 3 is 2.33 bits per heavy atom. The number of unbranched alkanes of at least 4 members (excludes halogenated alkanes) is 3. The molecule has 0 aromatic carbocycles. The van der Waals surface area contributed by atoms with Gasteiger partial charge in [0.05, 0.1) is 0 Å². The monoisotopic (exact) mass is 321 g/mol. The maximum absolute atomic E-state index is 11.1. The minimum Gasteiger partial charge on any atom is -0.352 e. The van der Waals surface area contributed by atoms with E-state index in [1.54, 1.807) is 6.92 Å². The average molecular weight is 321 g/mol. The smallest absolute Gasteiger partial charge is 0.246 e. The van der Waals surface area contributed by atoms with Crippen molar-refractivity contribution in [3.05, 3.63) is 22.3 Å². The SMILES string of the molecule is C=C(I)CCCCCCNC(=O)C(=C)C. The second kappa shape index (κ2) is 8.95. The topological polar surface area (TPSA) is 29.1 Å². The molecule has 15 heavy (non-hydrogen) atoms. The van der Waals surface area contributed by atoms with Crippen LogP contribution < -0.4 is 5.32 Å². The Balaban J connectivity index is 3.22. The Morgan fingerprint density at radius 2 is 1.80 bits per heavy atom. The molecule has 0 spiro atoms. The molecule has 0 aliphatic heterocycles. The zero-order valence-electron chi connectivity index (χ0n) is 9.44. The molecule has 0 aliphatic carbocycles. The molecule has 0 heterocycles. The summed E-state index contributed by atoms with van der Waals surface area (Å²) in [5.74, 6) is -0.0318. The van der Waals surface area contributed by atoms with Gasteiger partial charge in [0.1, 0.15) is 0 Å². The molecule has 0 aliphatic rings. The van der Waals surface area contributed by atoms with E-state index in [1.165, 1.54) is 22.8 Å². The van der Waals surface area contributed by atoms with E-state index in [4.69, 9.17) is 0 Å². The highest BCUT2D eigenvalue weighted by molar-refractivity contribution is 14.1. The predicted molar refractivity (Wildman–Crippen MR) is 74.1 cm³/mol. The number of hydrogen-bond donors (Lipinski definition) is 1. The highest BCUT2D eigenvalue weighted by Gasteiger charge is 1.99. The lowest BCUT2D eigenvalue weighted by Gasteiger charge is -2.04. The Hall–Kier alpha value is -0.320. The summed E-state index contributed by atoms with van der Waals surface area (Å²) in [4.78, 5) is 11.1. The quantitative estimate of drug-likeness (QED) is 0.413. The summed E-state index contributed by atoms with van der Waals surface area (Å²) in [6, 6.07) is 0. The largest absolute Gasteiger partial charge is 0.352 e. The van der Waals surface area contributed by atoms with Crippen LogP contribution in [0.1, 0.15) is 39.0 Å². The van der Waals surface area contributed by atoms with Crippen LogP contribution in [0.25, 0.3) is 0 Å². The van der Waals surface area contributed by atoms with Gasteiger partial charge in [0.15, 0.2) is 0 Å². The molecule has 0 saturated heterocycles. The van der Waals surface area contributed by atoms with Crippen molar-refractivity contribution in [2.75, 3.05) is 6.54 Å². The number of carbonyl (C=O) groups is 1. The van der Waals surface area contributed by atoms with Gasteiger partial charge in [-0.2, -0.15) is 0 Å². The third-order valence-electron chi connectivity index (χ3n) is 2.05. The summed E-state index contributed by atoms with van der Waals surface area (Å²) in [5.41, 5.74) is 0.580. The van der Waals surface area contributed by atoms with Gasteiger partial charge in [-0.25, -0.2) is 0 Å². The first-order valence-corrected chi connectivity index (χ1v) is 6.39. The van der Waals surface area contributed by atoms with Crippen molar-refractivity contribution in [2.45, 2.75) is 39.0 Å². The molecule has 0 saturated carbocycles. The maximum atomic E-state index is 11.1. The Kier molecular flexibility index (Phi) is 8.76. The lowest BCUT2D eigenvalue weighted by atomic mass is 10.1. The molecular formula is C12H20INO. The third-order valence-corrected chi connectivity index (χ3v) is 2.59. The number of halogens is 1. The average Bonchev–Trinajstić information content (AvgIpc) is 2.15. The van der Waals surface area contributed by atoms with Gasteiger partial charge in [-0.1, -0.05) is 26.0 Å². The minimum atomic E-state index is -0.0318. The van der Waals surface area contributed by atoms with E-state index in [0.29, 0.717) is 5.57 Å². The fourth-order valence-electron chi connectivity index (χ4n) is 1.15. The van der Waals surface area contributed by atoms with Crippen LogP contribution in [-0.4, -0.2) is 12.5 Å². The molecule has 2 nitrogen and oxygen atoms in total. The second-order valence-corrected chi connectivity index (χ2v) is 5.24. The van der Waals surface area contributed by atoms with Gasteiger partial charge in [-0.05, 0) is 52.4 Å². The first-order valence-electron chi connectivity index (χ1n) is 5.31. The summed E-state index contributed by atoms with van der Waals surface area (Å²) in [7, 11) is 0. The summed E-state index contributed by atoms with van der Waals surface area (Å²) in [6.45, 7) is 9.92. The molecule has 0 bridgehead atoms. The van der Waals surface area contributed by atoms with E-state index >= 15 is 0 Å². The number of allylic oxidation sites excluding steroid dienone is 1. The highest BCUT2D eigenvalue weighted by atomic mass is 127. The molecule has 3 heteroatoms. The molecule has 0 aromatic rings. The van der Waals surface area contributed by atoms with Crippen molar-refractivity contribution in [1.82, 2.24) is 5.32 Å². The first-order chi connectivity index (χ1) is 7.04. The molecule has 0 fully saturated rings. The van der Waals surface area contributed by atoms with Crippen molar-refractivity contribution < 1.29 is 4.79 Å². The zero-order valence-corrected chi connectivity index (χ0v) is 11.6. The lowest BCUT2D eigenvalue weighted by Crippen LogP contribution is -2.24. The van der Waals surface area contributed by atoms with Crippen LogP contribution in [0.15, 0.2) is 22.3 Å². The molecule has 0 rings (SSSR count). The van der Waals surface area contributed by atoms with Crippen LogP contribution in [0, 0.1) is 0 Å². The van der Waals surface area contributed by atoms with Crippen molar-refractivity contribution in [2.24, 2.45) is 0 Å². The van der Waals surface area contributed by atoms with E-state index in [1.807, 2.05) is 0 Å². The molecular weight excluding hydrogens is 301 g/mol. The predicted octanol–water partition coefficient (Wildman–Crippen LogP) is 3.58. The van der Waals surface area contributed by atoms with Crippen molar-refractivity contribution in [3.8, 4) is 0 Å². The second-order valence-electron chi connectivity index (χ2n) is 3.72. The molecule has 0 atom stereocenters. The van der Waals surface area contributed by atoms with Gasteiger partial charge >= 0.3 is 0 Å². The van der Waals surface area contributed by atoms with Gasteiger partial charge in [-0.3, -0.25) is 4.79 Å². The zero-order chi connectivity index (χ0) is 11.7. The Labute approximate surface area is 106 Å². The van der Waals surface area contributed by atoms with Crippen LogP contribution in [0.5, 0.6) is 0 Å². The molecule has 1 N–H and O–H groups in total. The van der Waals surface area contributed by atoms with Crippen LogP contribution in [-0.2, 0) is 4.79 Å². The van der Waals surface area contributed by atoms with Crippen LogP contribution in [0.2, 0.25) is 0 Å². The summed E-state index contributed by atoms with van der Waals surface area (Å²) in [6.07, 6.45) is 5.74. The van der Waals surface area contributed by atoms with E-state index < -0.39 is 0 Å². The Bertz CT molecular complexity index is 236. The highest BCUT2D eigenvalue weighted by Crippen LogP contribution is 2.13. The molecule has 86 valence electrons. The van der Waals surface area contributed by atoms with Crippen LogP contribution in [0.3, 0.4) is 0 Å². The normalized spacial score (nSPS) is 9.73. The summed E-state index contributed by atoms with van der Waals surface area (Å²) >= 11 is 2.27. The minimum absolute atomic E-state index is 0.0318. The Morgan fingerprint density at radius 1 is 1.20 bits per heavy atom. The van der Waals surface area contributed by atoms with Crippen LogP contribution in [0.4, 0.5) is 0 Å². The van der Waals surface area contributed by atoms with Gasteiger partial charge in [0, 0.05) is 12.1 Å². The summed E-state index contributed by atoms with van der Waals surface area (Å²) in [5, 5.41) is 2.82. The van der Waals surface area contributed by atoms with E-state index in [0.717, 1.165) is 19.4 Å². The van der Waals surface area contributed by atoms with Gasteiger partial charge < -0.3 is 5.32 Å². The fourth-order valence-corrected chi connectivity index (χ4v) is 1.53. The number of nitrogens with one attached hydrogen (secondary N) is 1.